The van der Waals surface area contributed by atoms with E-state index >= 15 is 0 Å². The van der Waals surface area contributed by atoms with E-state index in [1.165, 1.54) is 57.8 Å². The van der Waals surface area contributed by atoms with Crippen molar-refractivity contribution < 1.29 is 4.79 Å². The molecule has 168 valence electrons. The van der Waals surface area contributed by atoms with E-state index in [0.717, 1.165) is 25.3 Å². The molecule has 0 spiro atoms. The van der Waals surface area contributed by atoms with Gasteiger partial charge in [-0.2, -0.15) is 5.10 Å². The predicted molar refractivity (Wildman–Crippen MR) is 126 cm³/mol. The molecule has 0 saturated heterocycles. The number of para-hydroxylation sites is 1. The number of rotatable bonds is 7. The van der Waals surface area contributed by atoms with Gasteiger partial charge in [0.25, 0.3) is 0 Å². The van der Waals surface area contributed by atoms with Gasteiger partial charge in [0.05, 0.1) is 0 Å². The maximum Gasteiger partial charge on any atom is 0.324 e. The number of benzene rings is 1. The summed E-state index contributed by atoms with van der Waals surface area (Å²) in [5.41, 5.74) is 0.976. The molecule has 1 aromatic heterocycles. The Labute approximate surface area is 187 Å². The molecule has 31 heavy (non-hydrogen) atoms. The third-order valence-corrected chi connectivity index (χ3v) is 7.35. The van der Waals surface area contributed by atoms with Gasteiger partial charge in [-0.05, 0) is 74.5 Å². The molecule has 1 heterocycles. The minimum atomic E-state index is 0.162. The molecule has 2 aliphatic rings. The molecule has 2 fully saturated rings. The lowest BCUT2D eigenvalue weighted by molar-refractivity contribution is 0.152. The molecule has 0 bridgehead atoms. The van der Waals surface area contributed by atoms with Gasteiger partial charge in [-0.15, -0.1) is 0 Å². The Balaban J connectivity index is 1.36. The molecule has 0 unspecified atom stereocenters. The average Bonchev–Trinajstić information content (AvgIpc) is 3.33. The highest BCUT2D eigenvalue weighted by molar-refractivity contribution is 5.91. The number of hydrogen-bond donors (Lipinski definition) is 0. The first-order chi connectivity index (χ1) is 15.2. The first-order valence-electron chi connectivity index (χ1n) is 12.2. The molecule has 0 atom stereocenters. The largest absolute Gasteiger partial charge is 0.324 e. The van der Waals surface area contributed by atoms with Crippen LogP contribution in [0.5, 0.6) is 0 Å². The van der Waals surface area contributed by atoms with E-state index < -0.39 is 0 Å². The van der Waals surface area contributed by atoms with Gasteiger partial charge in [-0.25, -0.2) is 4.79 Å². The van der Waals surface area contributed by atoms with Gasteiger partial charge in [0, 0.05) is 44.8 Å². The molecule has 2 saturated carbocycles. The monoisotopic (exact) mass is 422 g/mol. The van der Waals surface area contributed by atoms with Crippen LogP contribution >= 0.6 is 0 Å². The Kier molecular flexibility index (Phi) is 7.66. The molecular formula is C26H38N4O. The summed E-state index contributed by atoms with van der Waals surface area (Å²) in [5.74, 6) is 1.99. The SMILES string of the molecule is CN(C(=O)N(CC1CCCCC1)CC1CCC(Cn2cccn2)CC1)c1ccccc1. The summed E-state index contributed by atoms with van der Waals surface area (Å²) in [6.45, 7) is 2.85. The normalized spacial score (nSPS) is 22.2. The quantitative estimate of drug-likeness (QED) is 0.563. The maximum atomic E-state index is 13.5. The van der Waals surface area contributed by atoms with E-state index in [2.05, 4.69) is 20.9 Å². The Morgan fingerprint density at radius 2 is 1.55 bits per heavy atom. The van der Waals surface area contributed by atoms with Crippen molar-refractivity contribution in [1.82, 2.24) is 14.7 Å². The highest BCUT2D eigenvalue weighted by Crippen LogP contribution is 2.32. The topological polar surface area (TPSA) is 41.4 Å². The van der Waals surface area contributed by atoms with Crippen molar-refractivity contribution in [1.29, 1.82) is 0 Å². The molecule has 0 radical (unpaired) electrons. The zero-order chi connectivity index (χ0) is 21.5. The van der Waals surface area contributed by atoms with Crippen molar-refractivity contribution >= 4 is 11.7 Å². The summed E-state index contributed by atoms with van der Waals surface area (Å²) in [6.07, 6.45) is 15.4. The summed E-state index contributed by atoms with van der Waals surface area (Å²) >= 11 is 0. The van der Waals surface area contributed by atoms with Crippen LogP contribution in [-0.4, -0.2) is 40.8 Å². The van der Waals surface area contributed by atoms with Crippen molar-refractivity contribution in [2.45, 2.75) is 64.3 Å². The number of anilines is 1. The second kappa shape index (κ2) is 10.8. The van der Waals surface area contributed by atoms with Crippen LogP contribution in [0.2, 0.25) is 0 Å². The van der Waals surface area contributed by atoms with Gasteiger partial charge < -0.3 is 4.90 Å². The van der Waals surface area contributed by atoms with Crippen LogP contribution in [0, 0.1) is 17.8 Å². The van der Waals surface area contributed by atoms with Gasteiger partial charge >= 0.3 is 6.03 Å². The minimum absolute atomic E-state index is 0.162. The fourth-order valence-corrected chi connectivity index (χ4v) is 5.47. The Morgan fingerprint density at radius 3 is 2.19 bits per heavy atom. The molecule has 2 aliphatic carbocycles. The summed E-state index contributed by atoms with van der Waals surface area (Å²) < 4.78 is 2.07. The molecule has 0 N–H and O–H groups in total. The summed E-state index contributed by atoms with van der Waals surface area (Å²) in [6, 6.07) is 12.2. The lowest BCUT2D eigenvalue weighted by atomic mass is 9.81. The van der Waals surface area contributed by atoms with Crippen LogP contribution in [0.15, 0.2) is 48.8 Å². The van der Waals surface area contributed by atoms with Gasteiger partial charge in [0.1, 0.15) is 0 Å². The number of hydrogen-bond acceptors (Lipinski definition) is 2. The number of carbonyl (C=O) groups is 1. The number of amides is 2. The van der Waals surface area contributed by atoms with Crippen LogP contribution in [-0.2, 0) is 6.54 Å². The summed E-state index contributed by atoms with van der Waals surface area (Å²) in [7, 11) is 1.92. The third kappa shape index (κ3) is 6.11. The Bertz CT molecular complexity index is 777. The van der Waals surface area contributed by atoms with Crippen molar-refractivity contribution in [3.8, 4) is 0 Å². The number of urea groups is 1. The first kappa shape index (κ1) is 21.9. The highest BCUT2D eigenvalue weighted by Gasteiger charge is 2.29. The predicted octanol–water partition coefficient (Wildman–Crippen LogP) is 5.83. The number of carbonyl (C=O) groups excluding carboxylic acids is 1. The number of nitrogens with zero attached hydrogens (tertiary/aromatic N) is 4. The van der Waals surface area contributed by atoms with Crippen LogP contribution in [0.25, 0.3) is 0 Å². The van der Waals surface area contributed by atoms with E-state index in [9.17, 15) is 4.79 Å². The van der Waals surface area contributed by atoms with E-state index in [1.807, 2.05) is 54.5 Å². The van der Waals surface area contributed by atoms with Crippen molar-refractivity contribution in [2.75, 3.05) is 25.0 Å². The average molecular weight is 423 g/mol. The molecule has 2 amide bonds. The van der Waals surface area contributed by atoms with Crippen LogP contribution in [0.3, 0.4) is 0 Å². The van der Waals surface area contributed by atoms with Crippen LogP contribution in [0.1, 0.15) is 57.8 Å². The van der Waals surface area contributed by atoms with E-state index in [4.69, 9.17) is 0 Å². The van der Waals surface area contributed by atoms with Crippen LogP contribution in [0.4, 0.5) is 10.5 Å². The molecule has 0 aliphatic heterocycles. The molecule has 1 aromatic carbocycles. The lowest BCUT2D eigenvalue weighted by Crippen LogP contribution is -2.46. The van der Waals surface area contributed by atoms with Gasteiger partial charge in [-0.1, -0.05) is 37.5 Å². The summed E-state index contributed by atoms with van der Waals surface area (Å²) in [5, 5.41) is 4.37. The van der Waals surface area contributed by atoms with Crippen molar-refractivity contribution in [2.24, 2.45) is 17.8 Å². The molecular weight excluding hydrogens is 384 g/mol. The zero-order valence-corrected chi connectivity index (χ0v) is 19.0. The molecule has 5 nitrogen and oxygen atoms in total. The fourth-order valence-electron chi connectivity index (χ4n) is 5.47. The smallest absolute Gasteiger partial charge is 0.324 e. The van der Waals surface area contributed by atoms with Gasteiger partial charge in [0.2, 0.25) is 0 Å². The van der Waals surface area contributed by atoms with Crippen molar-refractivity contribution in [3.63, 3.8) is 0 Å². The van der Waals surface area contributed by atoms with E-state index in [0.29, 0.717) is 17.8 Å². The van der Waals surface area contributed by atoms with E-state index in [-0.39, 0.29) is 6.03 Å². The second-order valence-corrected chi connectivity index (χ2v) is 9.70. The Morgan fingerprint density at radius 1 is 0.903 bits per heavy atom. The third-order valence-electron chi connectivity index (χ3n) is 7.35. The number of aromatic nitrogens is 2. The maximum absolute atomic E-state index is 13.5. The molecule has 4 rings (SSSR count). The van der Waals surface area contributed by atoms with Gasteiger partial charge in [-0.3, -0.25) is 9.58 Å². The second-order valence-electron chi connectivity index (χ2n) is 9.70. The fraction of sp³-hybridized carbons (Fsp3) is 0.615. The van der Waals surface area contributed by atoms with Gasteiger partial charge in [0.15, 0.2) is 0 Å². The minimum Gasteiger partial charge on any atom is -0.324 e. The Hall–Kier alpha value is -2.30. The highest BCUT2D eigenvalue weighted by atomic mass is 16.2. The molecule has 5 heteroatoms. The first-order valence-corrected chi connectivity index (χ1v) is 12.2. The lowest BCUT2D eigenvalue weighted by Gasteiger charge is -2.37. The zero-order valence-electron chi connectivity index (χ0n) is 19.0. The standard InChI is InChI=1S/C26H38N4O/c1-28(25-11-6-3-7-12-25)26(31)29(19-22-9-4-2-5-10-22)20-23-13-15-24(16-14-23)21-30-18-8-17-27-30/h3,6-8,11-12,17-18,22-24H,2,4-5,9-10,13-16,19-21H2,1H3. The summed E-state index contributed by atoms with van der Waals surface area (Å²) in [4.78, 5) is 17.5. The van der Waals surface area contributed by atoms with Crippen LogP contribution < -0.4 is 4.90 Å². The van der Waals surface area contributed by atoms with E-state index in [1.54, 1.807) is 0 Å². The molecule has 2 aromatic rings. The van der Waals surface area contributed by atoms with Crippen molar-refractivity contribution in [3.05, 3.63) is 48.8 Å².